The highest BCUT2D eigenvalue weighted by Crippen LogP contribution is 2.29. The van der Waals surface area contributed by atoms with Crippen molar-refractivity contribution in [3.63, 3.8) is 0 Å². The maximum absolute atomic E-state index is 9.23. The zero-order valence-corrected chi connectivity index (χ0v) is 9.93. The van der Waals surface area contributed by atoms with Crippen LogP contribution in [0.15, 0.2) is 24.3 Å². The molecule has 1 aromatic rings. The van der Waals surface area contributed by atoms with E-state index in [1.807, 2.05) is 12.1 Å². The zero-order chi connectivity index (χ0) is 11.7. The quantitative estimate of drug-likeness (QED) is 0.824. The number of aromatic hydroxyl groups is 1. The smallest absolute Gasteiger partial charge is 0.119 e. The predicted octanol–water partition coefficient (Wildman–Crippen LogP) is 2.44. The lowest BCUT2D eigenvalue weighted by atomic mass is 9.85. The standard InChI is InChI=1S/C14H19NO2/c16-12-4-6-13(7-5-12)17-14-8-10-2-1-3-11(9-14)15-10/h4-7,10-11,14-16H,1-3,8-9H2/t10-,11+,14?. The molecule has 0 amide bonds. The fourth-order valence-corrected chi connectivity index (χ4v) is 3.03. The average molecular weight is 233 g/mol. The van der Waals surface area contributed by atoms with Gasteiger partial charge >= 0.3 is 0 Å². The molecule has 2 N–H and O–H groups in total. The summed E-state index contributed by atoms with van der Waals surface area (Å²) in [5.41, 5.74) is 0. The molecule has 0 saturated carbocycles. The Morgan fingerprint density at radius 2 is 1.71 bits per heavy atom. The van der Waals surface area contributed by atoms with Gasteiger partial charge in [0.1, 0.15) is 17.6 Å². The summed E-state index contributed by atoms with van der Waals surface area (Å²) in [6.07, 6.45) is 6.47. The molecule has 3 rings (SSSR count). The molecule has 2 fully saturated rings. The van der Waals surface area contributed by atoms with Crippen LogP contribution in [0.1, 0.15) is 32.1 Å². The first-order valence-electron chi connectivity index (χ1n) is 6.51. The van der Waals surface area contributed by atoms with Crippen LogP contribution in [0.5, 0.6) is 11.5 Å². The fourth-order valence-electron chi connectivity index (χ4n) is 3.03. The normalized spacial score (nSPS) is 32.1. The van der Waals surface area contributed by atoms with Crippen LogP contribution < -0.4 is 10.1 Å². The van der Waals surface area contributed by atoms with Gasteiger partial charge in [0.25, 0.3) is 0 Å². The van der Waals surface area contributed by atoms with Crippen molar-refractivity contribution in [1.29, 1.82) is 0 Å². The molecule has 0 spiro atoms. The first-order chi connectivity index (χ1) is 8.29. The highest BCUT2D eigenvalue weighted by Gasteiger charge is 2.32. The summed E-state index contributed by atoms with van der Waals surface area (Å²) in [6, 6.07) is 8.32. The van der Waals surface area contributed by atoms with E-state index in [2.05, 4.69) is 5.32 Å². The lowest BCUT2D eigenvalue weighted by Gasteiger charge is -2.40. The van der Waals surface area contributed by atoms with E-state index in [0.29, 0.717) is 23.9 Å². The van der Waals surface area contributed by atoms with Gasteiger partial charge in [0.2, 0.25) is 0 Å². The minimum atomic E-state index is 0.291. The Kier molecular flexibility index (Phi) is 2.93. The molecule has 0 radical (unpaired) electrons. The molecule has 1 unspecified atom stereocenters. The number of fused-ring (bicyclic) bond motifs is 2. The minimum Gasteiger partial charge on any atom is -0.508 e. The van der Waals surface area contributed by atoms with Crippen LogP contribution in [0.3, 0.4) is 0 Å². The van der Waals surface area contributed by atoms with Gasteiger partial charge in [-0.3, -0.25) is 0 Å². The molecule has 2 heterocycles. The predicted molar refractivity (Wildman–Crippen MR) is 66.3 cm³/mol. The van der Waals surface area contributed by atoms with Gasteiger partial charge < -0.3 is 15.2 Å². The largest absolute Gasteiger partial charge is 0.508 e. The third kappa shape index (κ3) is 2.55. The molecule has 3 heteroatoms. The van der Waals surface area contributed by atoms with Crippen molar-refractivity contribution in [2.45, 2.75) is 50.3 Å². The topological polar surface area (TPSA) is 41.5 Å². The first-order valence-corrected chi connectivity index (χ1v) is 6.51. The van der Waals surface area contributed by atoms with Gasteiger partial charge in [-0.15, -0.1) is 0 Å². The monoisotopic (exact) mass is 233 g/mol. The molecule has 17 heavy (non-hydrogen) atoms. The molecule has 92 valence electrons. The minimum absolute atomic E-state index is 0.291. The molecule has 0 aliphatic carbocycles. The second-order valence-corrected chi connectivity index (χ2v) is 5.20. The third-order valence-corrected chi connectivity index (χ3v) is 3.81. The van der Waals surface area contributed by atoms with Gasteiger partial charge in [0, 0.05) is 12.1 Å². The van der Waals surface area contributed by atoms with Crippen molar-refractivity contribution in [3.8, 4) is 11.5 Å². The Bertz CT molecular complexity index is 364. The van der Waals surface area contributed by atoms with Crippen molar-refractivity contribution in [3.05, 3.63) is 24.3 Å². The number of ether oxygens (including phenoxy) is 1. The maximum Gasteiger partial charge on any atom is 0.119 e. The van der Waals surface area contributed by atoms with E-state index < -0.39 is 0 Å². The summed E-state index contributed by atoms with van der Waals surface area (Å²) < 4.78 is 6.00. The number of benzene rings is 1. The second-order valence-electron chi connectivity index (χ2n) is 5.20. The van der Waals surface area contributed by atoms with Crippen LogP contribution >= 0.6 is 0 Å². The molecule has 2 aliphatic heterocycles. The van der Waals surface area contributed by atoms with Gasteiger partial charge in [0.05, 0.1) is 0 Å². The summed E-state index contributed by atoms with van der Waals surface area (Å²) in [4.78, 5) is 0. The molecule has 2 aliphatic rings. The Balaban J connectivity index is 1.63. The summed E-state index contributed by atoms with van der Waals surface area (Å²) in [5.74, 6) is 1.16. The van der Waals surface area contributed by atoms with E-state index in [0.717, 1.165) is 18.6 Å². The Labute approximate surface area is 102 Å². The van der Waals surface area contributed by atoms with Crippen molar-refractivity contribution in [2.24, 2.45) is 0 Å². The van der Waals surface area contributed by atoms with E-state index in [4.69, 9.17) is 4.74 Å². The van der Waals surface area contributed by atoms with Crippen LogP contribution in [0.4, 0.5) is 0 Å². The number of nitrogens with one attached hydrogen (secondary N) is 1. The Morgan fingerprint density at radius 3 is 2.35 bits per heavy atom. The van der Waals surface area contributed by atoms with E-state index >= 15 is 0 Å². The van der Waals surface area contributed by atoms with Crippen LogP contribution in [0.2, 0.25) is 0 Å². The number of hydrogen-bond acceptors (Lipinski definition) is 3. The van der Waals surface area contributed by atoms with Crippen molar-refractivity contribution in [1.82, 2.24) is 5.32 Å². The van der Waals surface area contributed by atoms with Crippen molar-refractivity contribution < 1.29 is 9.84 Å². The van der Waals surface area contributed by atoms with Gasteiger partial charge in [-0.2, -0.15) is 0 Å². The van der Waals surface area contributed by atoms with Crippen LogP contribution in [-0.4, -0.2) is 23.3 Å². The van der Waals surface area contributed by atoms with Crippen LogP contribution in [0.25, 0.3) is 0 Å². The van der Waals surface area contributed by atoms with Gasteiger partial charge in [-0.25, -0.2) is 0 Å². The highest BCUT2D eigenvalue weighted by atomic mass is 16.5. The second kappa shape index (κ2) is 4.57. The van der Waals surface area contributed by atoms with E-state index in [-0.39, 0.29) is 0 Å². The number of phenols is 1. The number of rotatable bonds is 2. The van der Waals surface area contributed by atoms with Crippen LogP contribution in [0, 0.1) is 0 Å². The van der Waals surface area contributed by atoms with Crippen molar-refractivity contribution in [2.75, 3.05) is 0 Å². The summed E-state index contributed by atoms with van der Waals surface area (Å²) in [5, 5.41) is 12.9. The zero-order valence-electron chi connectivity index (χ0n) is 9.93. The molecule has 2 saturated heterocycles. The highest BCUT2D eigenvalue weighted by molar-refractivity contribution is 5.30. The van der Waals surface area contributed by atoms with Crippen molar-refractivity contribution >= 4 is 0 Å². The van der Waals surface area contributed by atoms with Gasteiger partial charge in [0.15, 0.2) is 0 Å². The lowest BCUT2D eigenvalue weighted by molar-refractivity contribution is 0.0927. The fraction of sp³-hybridized carbons (Fsp3) is 0.571. The SMILES string of the molecule is Oc1ccc(OC2C[C@H]3CCC[C@@H](C2)N3)cc1. The first kappa shape index (κ1) is 10.9. The van der Waals surface area contributed by atoms with Crippen LogP contribution in [-0.2, 0) is 0 Å². The molecule has 1 aromatic carbocycles. The summed E-state index contributed by atoms with van der Waals surface area (Å²) in [7, 11) is 0. The van der Waals surface area contributed by atoms with E-state index in [1.165, 1.54) is 19.3 Å². The Morgan fingerprint density at radius 1 is 1.06 bits per heavy atom. The summed E-state index contributed by atoms with van der Waals surface area (Å²) in [6.45, 7) is 0. The molecule has 3 atom stereocenters. The maximum atomic E-state index is 9.23. The van der Waals surface area contributed by atoms with Gasteiger partial charge in [-0.05, 0) is 49.9 Å². The number of hydrogen-bond donors (Lipinski definition) is 2. The molecule has 3 nitrogen and oxygen atoms in total. The molecular weight excluding hydrogens is 214 g/mol. The molecule has 0 aromatic heterocycles. The number of phenolic OH excluding ortho intramolecular Hbond substituents is 1. The van der Waals surface area contributed by atoms with E-state index in [9.17, 15) is 5.11 Å². The van der Waals surface area contributed by atoms with Gasteiger partial charge in [-0.1, -0.05) is 6.42 Å². The third-order valence-electron chi connectivity index (χ3n) is 3.81. The lowest BCUT2D eigenvalue weighted by Crippen LogP contribution is -2.51. The number of piperidine rings is 2. The average Bonchev–Trinajstić information content (AvgIpc) is 2.32. The Hall–Kier alpha value is -1.22. The molecule has 2 bridgehead atoms. The molecular formula is C14H19NO2. The summed E-state index contributed by atoms with van der Waals surface area (Å²) >= 11 is 0. The van der Waals surface area contributed by atoms with E-state index in [1.54, 1.807) is 12.1 Å².